The third-order valence-corrected chi connectivity index (χ3v) is 8.38. The van der Waals surface area contributed by atoms with Crippen LogP contribution in [0.15, 0.2) is 53.7 Å². The average molecular weight is 467 g/mol. The van der Waals surface area contributed by atoms with Crippen molar-refractivity contribution in [2.45, 2.75) is 43.4 Å². The molecule has 1 fully saturated rings. The summed E-state index contributed by atoms with van der Waals surface area (Å²) in [5, 5.41) is 14.1. The van der Waals surface area contributed by atoms with Crippen LogP contribution in [0.3, 0.4) is 0 Å². The van der Waals surface area contributed by atoms with Gasteiger partial charge in [-0.05, 0) is 90.4 Å². The Morgan fingerprint density at radius 1 is 1.03 bits per heavy atom. The fraction of sp³-hybridized carbons (Fsp3) is 0.391. The van der Waals surface area contributed by atoms with Crippen molar-refractivity contribution in [3.05, 3.63) is 59.9 Å². The number of anilines is 1. The number of carbonyl (C=O) groups is 1. The number of carbonyl (C=O) groups excluding carboxylic acids is 1. The van der Waals surface area contributed by atoms with Gasteiger partial charge in [-0.3, -0.25) is 4.79 Å². The number of nitrogens with one attached hydrogen (secondary N) is 1. The first-order chi connectivity index (χ1) is 16.0. The van der Waals surface area contributed by atoms with Gasteiger partial charge in [-0.15, -0.1) is 5.10 Å². The number of amides is 1. The largest absolute Gasteiger partial charge is 0.326 e. The molecule has 3 aromatic rings. The Balaban J connectivity index is 1.29. The lowest BCUT2D eigenvalue weighted by atomic mass is 9.90. The molecule has 1 N–H and O–H groups in total. The van der Waals surface area contributed by atoms with E-state index in [4.69, 9.17) is 0 Å². The van der Waals surface area contributed by atoms with Gasteiger partial charge in [0.05, 0.1) is 16.5 Å². The SMILES string of the molecule is O=C(Nc1cccc2c1CCCC2)[C@@H]1CCCN(S(=O)(=O)c2ccc(-n3cnnn3)cc2)C1. The lowest BCUT2D eigenvalue weighted by Gasteiger charge is -2.31. The normalized spacial score (nSPS) is 19.1. The highest BCUT2D eigenvalue weighted by atomic mass is 32.2. The molecule has 0 unspecified atom stereocenters. The van der Waals surface area contributed by atoms with E-state index in [0.29, 0.717) is 25.1 Å². The van der Waals surface area contributed by atoms with Gasteiger partial charge >= 0.3 is 0 Å². The number of nitrogens with zero attached hydrogens (tertiary/aromatic N) is 5. The van der Waals surface area contributed by atoms with Crippen LogP contribution in [0, 0.1) is 5.92 Å². The van der Waals surface area contributed by atoms with Gasteiger partial charge in [0.25, 0.3) is 0 Å². The lowest BCUT2D eigenvalue weighted by molar-refractivity contribution is -0.120. The van der Waals surface area contributed by atoms with E-state index in [-0.39, 0.29) is 23.3 Å². The molecule has 1 aliphatic heterocycles. The Labute approximate surface area is 192 Å². The zero-order chi connectivity index (χ0) is 22.8. The molecule has 2 aromatic carbocycles. The van der Waals surface area contributed by atoms with Crippen LogP contribution in [-0.2, 0) is 27.7 Å². The number of sulfonamides is 1. The molecule has 0 spiro atoms. The molecule has 2 aliphatic rings. The smallest absolute Gasteiger partial charge is 0.243 e. The predicted octanol–water partition coefficient (Wildman–Crippen LogP) is 2.58. The zero-order valence-electron chi connectivity index (χ0n) is 18.2. The number of hydrogen-bond acceptors (Lipinski definition) is 6. The summed E-state index contributed by atoms with van der Waals surface area (Å²) in [6, 6.07) is 12.5. The van der Waals surface area contributed by atoms with E-state index < -0.39 is 10.0 Å². The van der Waals surface area contributed by atoms with E-state index in [1.807, 2.05) is 12.1 Å². The molecule has 1 saturated heterocycles. The number of aromatic nitrogens is 4. The van der Waals surface area contributed by atoms with E-state index in [9.17, 15) is 13.2 Å². The van der Waals surface area contributed by atoms with Crippen LogP contribution in [0.25, 0.3) is 5.69 Å². The molecule has 1 aromatic heterocycles. The Morgan fingerprint density at radius 2 is 1.85 bits per heavy atom. The number of benzene rings is 2. The lowest BCUT2D eigenvalue weighted by Crippen LogP contribution is -2.43. The first kappa shape index (κ1) is 21.7. The van der Waals surface area contributed by atoms with Crippen LogP contribution >= 0.6 is 0 Å². The number of hydrogen-bond donors (Lipinski definition) is 1. The molecule has 10 heteroatoms. The first-order valence-electron chi connectivity index (χ1n) is 11.3. The van der Waals surface area contributed by atoms with Crippen LogP contribution in [0.1, 0.15) is 36.8 Å². The van der Waals surface area contributed by atoms with Crippen LogP contribution in [-0.4, -0.2) is 51.9 Å². The summed E-state index contributed by atoms with van der Waals surface area (Å²) in [7, 11) is -3.71. The van der Waals surface area contributed by atoms with Gasteiger partial charge in [-0.1, -0.05) is 12.1 Å². The highest BCUT2D eigenvalue weighted by molar-refractivity contribution is 7.89. The van der Waals surface area contributed by atoms with Crippen molar-refractivity contribution in [1.29, 1.82) is 0 Å². The molecule has 0 saturated carbocycles. The average Bonchev–Trinajstić information content (AvgIpc) is 3.40. The molecular weight excluding hydrogens is 440 g/mol. The summed E-state index contributed by atoms with van der Waals surface area (Å²) in [5.41, 5.74) is 4.06. The fourth-order valence-electron chi connectivity index (χ4n) is 4.71. The molecule has 1 atom stereocenters. The molecule has 0 radical (unpaired) electrons. The maximum Gasteiger partial charge on any atom is 0.243 e. The van der Waals surface area contributed by atoms with Crippen molar-refractivity contribution in [3.63, 3.8) is 0 Å². The number of tetrazole rings is 1. The van der Waals surface area contributed by atoms with Crippen LogP contribution in [0.2, 0.25) is 0 Å². The van der Waals surface area contributed by atoms with E-state index in [1.165, 1.54) is 32.9 Å². The van der Waals surface area contributed by atoms with Gasteiger partial charge in [0.15, 0.2) is 0 Å². The first-order valence-corrected chi connectivity index (χ1v) is 12.7. The van der Waals surface area contributed by atoms with Gasteiger partial charge in [-0.25, -0.2) is 13.1 Å². The van der Waals surface area contributed by atoms with Crippen LogP contribution in [0.5, 0.6) is 0 Å². The highest BCUT2D eigenvalue weighted by Crippen LogP contribution is 2.30. The molecule has 33 heavy (non-hydrogen) atoms. The van der Waals surface area contributed by atoms with Crippen LogP contribution in [0.4, 0.5) is 5.69 Å². The van der Waals surface area contributed by atoms with Crippen molar-refractivity contribution >= 4 is 21.6 Å². The Kier molecular flexibility index (Phi) is 5.94. The second-order valence-electron chi connectivity index (χ2n) is 8.59. The summed E-state index contributed by atoms with van der Waals surface area (Å²) in [6.45, 7) is 0.583. The molecule has 172 valence electrons. The highest BCUT2D eigenvalue weighted by Gasteiger charge is 2.33. The van der Waals surface area contributed by atoms with Gasteiger partial charge in [-0.2, -0.15) is 4.31 Å². The molecule has 1 aliphatic carbocycles. The van der Waals surface area contributed by atoms with E-state index in [1.54, 1.807) is 24.3 Å². The minimum Gasteiger partial charge on any atom is -0.326 e. The molecular formula is C23H26N6O3S. The monoisotopic (exact) mass is 466 g/mol. The second kappa shape index (κ2) is 9.03. The van der Waals surface area contributed by atoms with Gasteiger partial charge in [0, 0.05) is 18.8 Å². The van der Waals surface area contributed by atoms with Crippen molar-refractivity contribution in [2.75, 3.05) is 18.4 Å². The predicted molar refractivity (Wildman–Crippen MR) is 122 cm³/mol. The van der Waals surface area contributed by atoms with Crippen molar-refractivity contribution in [1.82, 2.24) is 24.5 Å². The standard InChI is InChI=1S/C23H26N6O3S/c30-23(25-22-9-3-6-17-5-1-2-8-21(17)22)18-7-4-14-28(15-18)33(31,32)20-12-10-19(11-13-20)29-16-24-26-27-29/h3,6,9-13,16,18H,1-2,4-5,7-8,14-15H2,(H,25,30)/t18-/m1/s1. The van der Waals surface area contributed by atoms with Gasteiger partial charge < -0.3 is 5.32 Å². The molecule has 1 amide bonds. The quantitative estimate of drug-likeness (QED) is 0.619. The van der Waals surface area contributed by atoms with E-state index in [0.717, 1.165) is 24.9 Å². The Bertz CT molecular complexity index is 1240. The van der Waals surface area contributed by atoms with Crippen LogP contribution < -0.4 is 5.32 Å². The second-order valence-corrected chi connectivity index (χ2v) is 10.5. The number of fused-ring (bicyclic) bond motifs is 1. The summed E-state index contributed by atoms with van der Waals surface area (Å²) in [4.78, 5) is 13.3. The number of aryl methyl sites for hydroxylation is 1. The van der Waals surface area contributed by atoms with Gasteiger partial charge in [0.1, 0.15) is 6.33 Å². The Hall–Kier alpha value is -3.11. The summed E-state index contributed by atoms with van der Waals surface area (Å²) < 4.78 is 29.4. The topological polar surface area (TPSA) is 110 Å². The summed E-state index contributed by atoms with van der Waals surface area (Å²) >= 11 is 0. The molecule has 5 rings (SSSR count). The number of rotatable bonds is 5. The summed E-state index contributed by atoms with van der Waals surface area (Å²) in [6.07, 6.45) is 7.08. The zero-order valence-corrected chi connectivity index (χ0v) is 19.0. The fourth-order valence-corrected chi connectivity index (χ4v) is 6.23. The van der Waals surface area contributed by atoms with Crippen molar-refractivity contribution in [3.8, 4) is 5.69 Å². The van der Waals surface area contributed by atoms with Crippen molar-refractivity contribution < 1.29 is 13.2 Å². The van der Waals surface area contributed by atoms with Gasteiger partial charge in [0.2, 0.25) is 15.9 Å². The Morgan fingerprint density at radius 3 is 2.64 bits per heavy atom. The number of piperidine rings is 1. The van der Waals surface area contributed by atoms with E-state index >= 15 is 0 Å². The molecule has 9 nitrogen and oxygen atoms in total. The third kappa shape index (κ3) is 4.40. The molecule has 2 heterocycles. The molecule has 0 bridgehead atoms. The minimum absolute atomic E-state index is 0.108. The maximum atomic E-state index is 13.3. The van der Waals surface area contributed by atoms with Crippen molar-refractivity contribution in [2.24, 2.45) is 5.92 Å². The third-order valence-electron chi connectivity index (χ3n) is 6.50. The summed E-state index contributed by atoms with van der Waals surface area (Å²) in [5.74, 6) is -0.489. The minimum atomic E-state index is -3.71. The maximum absolute atomic E-state index is 13.3. The van der Waals surface area contributed by atoms with E-state index in [2.05, 4.69) is 26.9 Å².